The SMILES string of the molecule is CC(C)c1ccc(NC(=O)N(CC(=O)N2CC(=O)N(c3ccc(Cl)cc3)C2)C2CC2)cc1. The molecule has 1 aliphatic carbocycles. The molecule has 0 spiro atoms. The van der Waals surface area contributed by atoms with E-state index in [0.29, 0.717) is 22.3 Å². The summed E-state index contributed by atoms with van der Waals surface area (Å²) in [6, 6.07) is 14.4. The van der Waals surface area contributed by atoms with Crippen LogP contribution in [0.15, 0.2) is 48.5 Å². The standard InChI is InChI=1S/C24H27ClN4O3/c1-16(2)17-3-7-19(8-4-17)26-24(32)28(20-11-12-20)14-22(30)27-13-23(31)29(15-27)21-9-5-18(25)6-10-21/h3-10,16,20H,11-15H2,1-2H3,(H,26,32). The van der Waals surface area contributed by atoms with Crippen LogP contribution in [-0.4, -0.2) is 53.4 Å². The summed E-state index contributed by atoms with van der Waals surface area (Å²) in [4.78, 5) is 42.9. The lowest BCUT2D eigenvalue weighted by molar-refractivity contribution is -0.132. The van der Waals surface area contributed by atoms with Gasteiger partial charge in [0.25, 0.3) is 0 Å². The molecular formula is C24H27ClN4O3. The van der Waals surface area contributed by atoms with Crippen molar-refractivity contribution in [3.05, 3.63) is 59.1 Å². The number of carbonyl (C=O) groups excluding carboxylic acids is 3. The van der Waals surface area contributed by atoms with Crippen molar-refractivity contribution in [3.8, 4) is 0 Å². The van der Waals surface area contributed by atoms with Crippen molar-refractivity contribution >= 4 is 40.8 Å². The van der Waals surface area contributed by atoms with Gasteiger partial charge in [-0.15, -0.1) is 0 Å². The van der Waals surface area contributed by atoms with Gasteiger partial charge in [0.15, 0.2) is 0 Å². The van der Waals surface area contributed by atoms with Crippen molar-refractivity contribution in [1.29, 1.82) is 0 Å². The quantitative estimate of drug-likeness (QED) is 0.707. The van der Waals surface area contributed by atoms with Gasteiger partial charge in [-0.05, 0) is 60.7 Å². The Morgan fingerprint density at radius 1 is 1.09 bits per heavy atom. The average molecular weight is 455 g/mol. The third kappa shape index (κ3) is 5.05. The van der Waals surface area contributed by atoms with Gasteiger partial charge in [-0.3, -0.25) is 14.5 Å². The number of amides is 4. The van der Waals surface area contributed by atoms with Gasteiger partial charge >= 0.3 is 6.03 Å². The van der Waals surface area contributed by atoms with Gasteiger partial charge in [-0.25, -0.2) is 4.79 Å². The summed E-state index contributed by atoms with van der Waals surface area (Å²) in [5.41, 5.74) is 2.58. The number of carbonyl (C=O) groups is 3. The maximum absolute atomic E-state index is 12.9. The van der Waals surface area contributed by atoms with E-state index in [4.69, 9.17) is 11.6 Å². The molecule has 4 amide bonds. The van der Waals surface area contributed by atoms with E-state index in [1.54, 1.807) is 34.1 Å². The molecule has 1 aliphatic heterocycles. The van der Waals surface area contributed by atoms with Crippen LogP contribution in [0.2, 0.25) is 5.02 Å². The van der Waals surface area contributed by atoms with Crippen LogP contribution >= 0.6 is 11.6 Å². The molecule has 0 bridgehead atoms. The number of urea groups is 1. The lowest BCUT2D eigenvalue weighted by Gasteiger charge is -2.25. The number of halogens is 1. The van der Waals surface area contributed by atoms with Crippen molar-refractivity contribution in [2.45, 2.75) is 38.6 Å². The van der Waals surface area contributed by atoms with Crippen molar-refractivity contribution in [2.24, 2.45) is 0 Å². The van der Waals surface area contributed by atoms with Gasteiger partial charge in [0.1, 0.15) is 19.8 Å². The molecular weight excluding hydrogens is 428 g/mol. The predicted molar refractivity (Wildman–Crippen MR) is 125 cm³/mol. The van der Waals surface area contributed by atoms with Crippen molar-refractivity contribution in [3.63, 3.8) is 0 Å². The first-order valence-electron chi connectivity index (χ1n) is 10.8. The van der Waals surface area contributed by atoms with E-state index in [1.165, 1.54) is 10.5 Å². The Bertz CT molecular complexity index is 1000. The zero-order valence-electron chi connectivity index (χ0n) is 18.3. The molecule has 0 unspecified atom stereocenters. The first-order chi connectivity index (χ1) is 15.3. The van der Waals surface area contributed by atoms with E-state index in [1.807, 2.05) is 24.3 Å². The van der Waals surface area contributed by atoms with Crippen LogP contribution in [0.3, 0.4) is 0 Å². The molecule has 2 aliphatic rings. The van der Waals surface area contributed by atoms with Gasteiger partial charge in [-0.2, -0.15) is 0 Å². The molecule has 0 aromatic heterocycles. The number of hydrogen-bond acceptors (Lipinski definition) is 3. The molecule has 1 N–H and O–H groups in total. The summed E-state index contributed by atoms with van der Waals surface area (Å²) in [5.74, 6) is 0.0105. The topological polar surface area (TPSA) is 73.0 Å². The minimum atomic E-state index is -0.293. The number of anilines is 2. The van der Waals surface area contributed by atoms with E-state index in [2.05, 4.69) is 19.2 Å². The molecule has 2 aromatic carbocycles. The predicted octanol–water partition coefficient (Wildman–Crippen LogP) is 4.29. The summed E-state index contributed by atoms with van der Waals surface area (Å²) in [6.45, 7) is 4.34. The Hall–Kier alpha value is -3.06. The fourth-order valence-corrected chi connectivity index (χ4v) is 3.83. The van der Waals surface area contributed by atoms with Crippen LogP contribution in [0.1, 0.15) is 38.2 Å². The Kier molecular flexibility index (Phi) is 6.37. The molecule has 2 fully saturated rings. The Balaban J connectivity index is 1.38. The summed E-state index contributed by atoms with van der Waals surface area (Å²) >= 11 is 5.92. The lowest BCUT2D eigenvalue weighted by atomic mass is 10.0. The molecule has 32 heavy (non-hydrogen) atoms. The molecule has 8 heteroatoms. The van der Waals surface area contributed by atoms with Crippen molar-refractivity contribution in [2.75, 3.05) is 30.0 Å². The number of rotatable bonds is 6. The highest BCUT2D eigenvalue weighted by Crippen LogP contribution is 2.28. The second-order valence-corrected chi connectivity index (χ2v) is 9.03. The monoisotopic (exact) mass is 454 g/mol. The second-order valence-electron chi connectivity index (χ2n) is 8.60. The number of benzene rings is 2. The third-order valence-corrected chi connectivity index (χ3v) is 6.07. The van der Waals surface area contributed by atoms with Crippen LogP contribution < -0.4 is 10.2 Å². The fourth-order valence-electron chi connectivity index (χ4n) is 3.71. The van der Waals surface area contributed by atoms with Gasteiger partial charge < -0.3 is 15.1 Å². The van der Waals surface area contributed by atoms with E-state index in [0.717, 1.165) is 12.8 Å². The molecule has 2 aromatic rings. The van der Waals surface area contributed by atoms with Crippen LogP contribution in [0.25, 0.3) is 0 Å². The van der Waals surface area contributed by atoms with Gasteiger partial charge in [0.2, 0.25) is 11.8 Å². The van der Waals surface area contributed by atoms with E-state index in [-0.39, 0.29) is 43.6 Å². The molecule has 1 heterocycles. The van der Waals surface area contributed by atoms with E-state index >= 15 is 0 Å². The Morgan fingerprint density at radius 2 is 1.75 bits per heavy atom. The highest BCUT2D eigenvalue weighted by atomic mass is 35.5. The first kappa shape index (κ1) is 22.1. The number of nitrogens with one attached hydrogen (secondary N) is 1. The third-order valence-electron chi connectivity index (χ3n) is 5.81. The number of hydrogen-bond donors (Lipinski definition) is 1. The average Bonchev–Trinajstić information content (AvgIpc) is 3.53. The van der Waals surface area contributed by atoms with Crippen LogP contribution in [-0.2, 0) is 9.59 Å². The molecule has 1 saturated heterocycles. The first-order valence-corrected chi connectivity index (χ1v) is 11.2. The summed E-state index contributed by atoms with van der Waals surface area (Å²) in [6.07, 6.45) is 1.76. The lowest BCUT2D eigenvalue weighted by Crippen LogP contribution is -2.45. The summed E-state index contributed by atoms with van der Waals surface area (Å²) < 4.78 is 0. The number of nitrogens with zero attached hydrogens (tertiary/aromatic N) is 3. The largest absolute Gasteiger partial charge is 0.322 e. The molecule has 1 saturated carbocycles. The molecule has 0 radical (unpaired) electrons. The van der Waals surface area contributed by atoms with Crippen LogP contribution in [0.4, 0.5) is 16.2 Å². The Morgan fingerprint density at radius 3 is 2.34 bits per heavy atom. The zero-order chi connectivity index (χ0) is 22.8. The molecule has 7 nitrogen and oxygen atoms in total. The molecule has 168 valence electrons. The van der Waals surface area contributed by atoms with Gasteiger partial charge in [0, 0.05) is 22.4 Å². The van der Waals surface area contributed by atoms with Gasteiger partial charge in [0.05, 0.1) is 0 Å². The maximum atomic E-state index is 12.9. The van der Waals surface area contributed by atoms with Crippen molar-refractivity contribution < 1.29 is 14.4 Å². The van der Waals surface area contributed by atoms with Gasteiger partial charge in [-0.1, -0.05) is 37.6 Å². The van der Waals surface area contributed by atoms with Crippen molar-refractivity contribution in [1.82, 2.24) is 9.80 Å². The van der Waals surface area contributed by atoms with Crippen LogP contribution in [0.5, 0.6) is 0 Å². The minimum Gasteiger partial charge on any atom is -0.314 e. The van der Waals surface area contributed by atoms with E-state index in [9.17, 15) is 14.4 Å². The summed E-state index contributed by atoms with van der Waals surface area (Å²) in [7, 11) is 0. The zero-order valence-corrected chi connectivity index (χ0v) is 19.0. The second kappa shape index (κ2) is 9.20. The Labute approximate surface area is 192 Å². The fraction of sp³-hybridized carbons (Fsp3) is 0.375. The molecule has 4 rings (SSSR count). The van der Waals surface area contributed by atoms with E-state index < -0.39 is 0 Å². The smallest absolute Gasteiger partial charge is 0.314 e. The van der Waals surface area contributed by atoms with Crippen LogP contribution in [0, 0.1) is 0 Å². The summed E-state index contributed by atoms with van der Waals surface area (Å²) in [5, 5.41) is 3.48. The highest BCUT2D eigenvalue weighted by molar-refractivity contribution is 6.30. The highest BCUT2D eigenvalue weighted by Gasteiger charge is 2.37. The minimum absolute atomic E-state index is 0.00174. The normalized spacial score (nSPS) is 15.9. The maximum Gasteiger partial charge on any atom is 0.322 e. The molecule has 0 atom stereocenters.